The maximum absolute atomic E-state index is 13.3. The number of hydrogen-bond acceptors (Lipinski definition) is 3. The van der Waals surface area contributed by atoms with E-state index in [2.05, 4.69) is 0 Å². The van der Waals surface area contributed by atoms with Crippen molar-refractivity contribution in [2.75, 3.05) is 6.54 Å². The Morgan fingerprint density at radius 3 is 2.03 bits per heavy atom. The number of carbonyl (C=O) groups is 3. The summed E-state index contributed by atoms with van der Waals surface area (Å²) >= 11 is 0. The molecule has 3 aromatic carbocycles. The molecule has 0 fully saturated rings. The monoisotopic (exact) mass is 416 g/mol. The van der Waals surface area contributed by atoms with Gasteiger partial charge in [-0.1, -0.05) is 54.6 Å². The molecule has 0 aromatic heterocycles. The fourth-order valence-electron chi connectivity index (χ4n) is 4.16. The number of benzene rings is 3. The van der Waals surface area contributed by atoms with E-state index in [9.17, 15) is 19.5 Å². The van der Waals surface area contributed by atoms with Crippen LogP contribution in [0.15, 0.2) is 66.7 Å². The molecule has 0 spiro atoms. The van der Waals surface area contributed by atoms with E-state index in [0.29, 0.717) is 11.1 Å². The van der Waals surface area contributed by atoms with E-state index in [0.717, 1.165) is 16.3 Å². The van der Waals surface area contributed by atoms with Crippen molar-refractivity contribution in [1.82, 2.24) is 9.80 Å². The summed E-state index contributed by atoms with van der Waals surface area (Å²) < 4.78 is 0. The van der Waals surface area contributed by atoms with E-state index in [1.54, 1.807) is 45.0 Å². The zero-order chi connectivity index (χ0) is 22.3. The average molecular weight is 416 g/mol. The number of nitrogens with zero attached hydrogens (tertiary/aromatic N) is 2. The number of amides is 3. The minimum atomic E-state index is -1.10. The lowest BCUT2D eigenvalue weighted by atomic mass is 9.95. The smallest absolute Gasteiger partial charge is 0.407 e. The number of fused-ring (bicyclic) bond motifs is 2. The number of rotatable bonds is 4. The van der Waals surface area contributed by atoms with Crippen LogP contribution >= 0.6 is 0 Å². The van der Waals surface area contributed by atoms with Crippen molar-refractivity contribution in [1.29, 1.82) is 0 Å². The van der Waals surface area contributed by atoms with Crippen LogP contribution in [0, 0.1) is 0 Å². The lowest BCUT2D eigenvalue weighted by Crippen LogP contribution is -2.50. The molecule has 6 nitrogen and oxygen atoms in total. The highest BCUT2D eigenvalue weighted by Crippen LogP contribution is 2.36. The van der Waals surface area contributed by atoms with Crippen molar-refractivity contribution in [3.05, 3.63) is 83.4 Å². The number of carboxylic acid groups (broad SMARTS) is 1. The van der Waals surface area contributed by atoms with Gasteiger partial charge < -0.3 is 10.0 Å². The van der Waals surface area contributed by atoms with Crippen LogP contribution in [0.1, 0.15) is 53.1 Å². The lowest BCUT2D eigenvalue weighted by molar-refractivity contribution is 0.0458. The second-order valence-corrected chi connectivity index (χ2v) is 8.67. The Labute approximate surface area is 180 Å². The Balaban J connectivity index is 1.89. The van der Waals surface area contributed by atoms with Crippen molar-refractivity contribution in [2.24, 2.45) is 0 Å². The molecule has 1 unspecified atom stereocenters. The predicted molar refractivity (Wildman–Crippen MR) is 118 cm³/mol. The molecule has 4 rings (SSSR count). The Bertz CT molecular complexity index is 1160. The summed E-state index contributed by atoms with van der Waals surface area (Å²) in [6.45, 7) is 5.36. The van der Waals surface area contributed by atoms with E-state index in [1.807, 2.05) is 42.5 Å². The molecule has 0 aliphatic carbocycles. The van der Waals surface area contributed by atoms with Gasteiger partial charge in [-0.05, 0) is 49.2 Å². The van der Waals surface area contributed by atoms with Gasteiger partial charge in [0.25, 0.3) is 11.8 Å². The summed E-state index contributed by atoms with van der Waals surface area (Å²) in [6.07, 6.45) is -1.10. The first-order valence-electron chi connectivity index (χ1n) is 10.2. The summed E-state index contributed by atoms with van der Waals surface area (Å²) in [5.41, 5.74) is 0.710. The normalized spacial score (nSPS) is 14.6. The van der Waals surface area contributed by atoms with Gasteiger partial charge in [0, 0.05) is 12.1 Å². The average Bonchev–Trinajstić information content (AvgIpc) is 2.98. The number of carbonyl (C=O) groups excluding carboxylic acids is 2. The third kappa shape index (κ3) is 3.54. The number of hydrogen-bond donors (Lipinski definition) is 1. The van der Waals surface area contributed by atoms with Gasteiger partial charge in [-0.25, -0.2) is 4.79 Å². The molecule has 1 heterocycles. The third-order valence-corrected chi connectivity index (χ3v) is 5.72. The van der Waals surface area contributed by atoms with Crippen LogP contribution in [0.2, 0.25) is 0 Å². The van der Waals surface area contributed by atoms with Crippen molar-refractivity contribution in [3.8, 4) is 0 Å². The molecule has 1 atom stereocenters. The summed E-state index contributed by atoms with van der Waals surface area (Å²) in [7, 11) is 0. The Hall–Kier alpha value is -3.67. The molecule has 31 heavy (non-hydrogen) atoms. The molecular formula is C25H24N2O4. The highest BCUT2D eigenvalue weighted by atomic mass is 16.4. The second-order valence-electron chi connectivity index (χ2n) is 8.67. The fourth-order valence-corrected chi connectivity index (χ4v) is 4.16. The first-order valence-corrected chi connectivity index (χ1v) is 10.2. The van der Waals surface area contributed by atoms with Gasteiger partial charge in [0.05, 0.1) is 17.2 Å². The van der Waals surface area contributed by atoms with Crippen LogP contribution in [-0.4, -0.2) is 44.9 Å². The first kappa shape index (κ1) is 20.6. The van der Waals surface area contributed by atoms with Gasteiger partial charge in [-0.2, -0.15) is 0 Å². The van der Waals surface area contributed by atoms with Gasteiger partial charge in [0.15, 0.2) is 0 Å². The van der Waals surface area contributed by atoms with Gasteiger partial charge in [0.2, 0.25) is 0 Å². The lowest BCUT2D eigenvalue weighted by Gasteiger charge is -2.38. The molecule has 1 aliphatic heterocycles. The summed E-state index contributed by atoms with van der Waals surface area (Å²) in [6, 6.07) is 19.3. The van der Waals surface area contributed by atoms with Gasteiger partial charge in [0.1, 0.15) is 0 Å². The molecule has 0 radical (unpaired) electrons. The Morgan fingerprint density at radius 2 is 1.45 bits per heavy atom. The summed E-state index contributed by atoms with van der Waals surface area (Å²) in [4.78, 5) is 41.2. The van der Waals surface area contributed by atoms with Crippen LogP contribution < -0.4 is 0 Å². The van der Waals surface area contributed by atoms with E-state index in [4.69, 9.17) is 0 Å². The topological polar surface area (TPSA) is 77.9 Å². The SMILES string of the molecule is CC(C)(C)N(CC(c1cccc2ccccc12)N1C(=O)c2ccccc2C1=O)C(=O)O. The molecule has 1 aliphatic rings. The second kappa shape index (κ2) is 7.54. The molecule has 0 saturated heterocycles. The number of imide groups is 1. The highest BCUT2D eigenvalue weighted by molar-refractivity contribution is 6.21. The molecule has 3 aromatic rings. The zero-order valence-corrected chi connectivity index (χ0v) is 17.7. The van der Waals surface area contributed by atoms with Gasteiger partial charge in [-0.3, -0.25) is 14.5 Å². The van der Waals surface area contributed by atoms with Gasteiger partial charge in [-0.15, -0.1) is 0 Å². The fraction of sp³-hybridized carbons (Fsp3) is 0.240. The highest BCUT2D eigenvalue weighted by Gasteiger charge is 2.43. The van der Waals surface area contributed by atoms with E-state index < -0.39 is 29.5 Å². The zero-order valence-electron chi connectivity index (χ0n) is 17.7. The first-order chi connectivity index (χ1) is 14.7. The minimum Gasteiger partial charge on any atom is -0.465 e. The van der Waals surface area contributed by atoms with Crippen LogP contribution in [0.25, 0.3) is 10.8 Å². The Morgan fingerprint density at radius 1 is 0.903 bits per heavy atom. The molecule has 1 N–H and O–H groups in total. The van der Waals surface area contributed by atoms with Crippen molar-refractivity contribution in [3.63, 3.8) is 0 Å². The van der Waals surface area contributed by atoms with E-state index in [-0.39, 0.29) is 6.54 Å². The molecule has 0 saturated carbocycles. The van der Waals surface area contributed by atoms with Gasteiger partial charge >= 0.3 is 6.09 Å². The Kier molecular flexibility index (Phi) is 5.01. The van der Waals surface area contributed by atoms with Crippen molar-refractivity contribution < 1.29 is 19.5 Å². The quantitative estimate of drug-likeness (QED) is 0.610. The summed E-state index contributed by atoms with van der Waals surface area (Å²) in [5.74, 6) is -0.810. The van der Waals surface area contributed by atoms with Crippen molar-refractivity contribution >= 4 is 28.7 Å². The van der Waals surface area contributed by atoms with Crippen LogP contribution in [0.5, 0.6) is 0 Å². The maximum atomic E-state index is 13.3. The van der Waals surface area contributed by atoms with Crippen LogP contribution in [0.4, 0.5) is 4.79 Å². The molecular weight excluding hydrogens is 392 g/mol. The minimum absolute atomic E-state index is 0.0295. The van der Waals surface area contributed by atoms with E-state index in [1.165, 1.54) is 9.80 Å². The van der Waals surface area contributed by atoms with Crippen molar-refractivity contribution in [2.45, 2.75) is 32.4 Å². The molecule has 3 amide bonds. The maximum Gasteiger partial charge on any atom is 0.407 e. The molecule has 158 valence electrons. The molecule has 0 bridgehead atoms. The predicted octanol–water partition coefficient (Wildman–Crippen LogP) is 4.96. The standard InChI is InChI=1S/C25H24N2O4/c1-25(2,3)26(24(30)31)15-21(18-14-8-10-16-9-4-5-11-17(16)18)27-22(28)19-12-6-7-13-20(19)23(27)29/h4-14,21H,15H2,1-3H3,(H,30,31). The molecule has 6 heteroatoms. The van der Waals surface area contributed by atoms with Crippen LogP contribution in [-0.2, 0) is 0 Å². The van der Waals surface area contributed by atoms with Crippen LogP contribution in [0.3, 0.4) is 0 Å². The summed E-state index contributed by atoms with van der Waals surface area (Å²) in [5, 5.41) is 11.7. The third-order valence-electron chi connectivity index (χ3n) is 5.72. The largest absolute Gasteiger partial charge is 0.465 e. The van der Waals surface area contributed by atoms with E-state index >= 15 is 0 Å².